The molecule has 0 radical (unpaired) electrons. The summed E-state index contributed by atoms with van der Waals surface area (Å²) in [4.78, 5) is 24.9. The van der Waals surface area contributed by atoms with Crippen molar-refractivity contribution in [2.45, 2.75) is 6.54 Å². The van der Waals surface area contributed by atoms with Crippen LogP contribution in [0, 0.1) is 0 Å². The van der Waals surface area contributed by atoms with Crippen LogP contribution >= 0.6 is 0 Å². The number of rotatable bonds is 7. The van der Waals surface area contributed by atoms with Crippen LogP contribution in [0.3, 0.4) is 0 Å². The molecule has 1 N–H and O–H groups in total. The molecule has 0 bridgehead atoms. The Morgan fingerprint density at radius 1 is 1.14 bits per heavy atom. The van der Waals surface area contributed by atoms with Gasteiger partial charge in [-0.25, -0.2) is 4.79 Å². The molecule has 1 heterocycles. The molecule has 0 unspecified atom stereocenters. The summed E-state index contributed by atoms with van der Waals surface area (Å²) < 4.78 is 10.1. The number of hydrogen-bond acceptors (Lipinski definition) is 4. The fraction of sp³-hybridized carbons (Fsp3) is 0.250. The molecule has 22 heavy (non-hydrogen) atoms. The van der Waals surface area contributed by atoms with Crippen molar-refractivity contribution < 1.29 is 23.8 Å². The van der Waals surface area contributed by atoms with E-state index in [1.165, 1.54) is 12.1 Å². The zero-order valence-electron chi connectivity index (χ0n) is 12.2. The van der Waals surface area contributed by atoms with Gasteiger partial charge in [0, 0.05) is 20.2 Å². The summed E-state index contributed by atoms with van der Waals surface area (Å²) in [6.07, 6.45) is 0. The van der Waals surface area contributed by atoms with Gasteiger partial charge < -0.3 is 19.2 Å². The Bertz CT molecular complexity index is 635. The van der Waals surface area contributed by atoms with E-state index in [1.54, 1.807) is 12.0 Å². The van der Waals surface area contributed by atoms with E-state index < -0.39 is 5.97 Å². The molecule has 1 amide bonds. The quantitative estimate of drug-likeness (QED) is 0.848. The fourth-order valence-electron chi connectivity index (χ4n) is 1.98. The maximum atomic E-state index is 12.5. The van der Waals surface area contributed by atoms with Crippen molar-refractivity contribution in [1.82, 2.24) is 4.90 Å². The normalized spacial score (nSPS) is 10.4. The molecular weight excluding hydrogens is 286 g/mol. The van der Waals surface area contributed by atoms with Crippen molar-refractivity contribution in [1.29, 1.82) is 0 Å². The monoisotopic (exact) mass is 303 g/mol. The Morgan fingerprint density at radius 3 is 2.41 bits per heavy atom. The van der Waals surface area contributed by atoms with Gasteiger partial charge in [-0.15, -0.1) is 0 Å². The number of hydrogen-bond donors (Lipinski definition) is 1. The largest absolute Gasteiger partial charge is 0.475 e. The van der Waals surface area contributed by atoms with Crippen LogP contribution < -0.4 is 0 Å². The van der Waals surface area contributed by atoms with E-state index >= 15 is 0 Å². The van der Waals surface area contributed by atoms with Gasteiger partial charge in [0.25, 0.3) is 5.91 Å². The molecule has 0 aliphatic rings. The topological polar surface area (TPSA) is 80.0 Å². The standard InChI is InChI=1S/C16H17NO5/c1-21-10-9-17(11-12-5-3-2-4-6-12)15(18)13-7-8-14(22-13)16(19)20/h2-8H,9-11H2,1H3,(H,19,20). The third-order valence-electron chi connectivity index (χ3n) is 3.10. The van der Waals surface area contributed by atoms with Gasteiger partial charge in [0.1, 0.15) is 0 Å². The van der Waals surface area contributed by atoms with Crippen LogP contribution in [0.1, 0.15) is 26.7 Å². The van der Waals surface area contributed by atoms with Gasteiger partial charge in [-0.3, -0.25) is 4.79 Å². The average Bonchev–Trinajstić information content (AvgIpc) is 3.02. The number of aromatic carboxylic acids is 1. The first-order valence-electron chi connectivity index (χ1n) is 6.77. The van der Waals surface area contributed by atoms with Crippen LogP contribution in [0.25, 0.3) is 0 Å². The van der Waals surface area contributed by atoms with E-state index in [0.29, 0.717) is 19.7 Å². The first-order chi connectivity index (χ1) is 10.6. The molecule has 2 rings (SSSR count). The minimum Gasteiger partial charge on any atom is -0.475 e. The first kappa shape index (κ1) is 15.8. The van der Waals surface area contributed by atoms with E-state index in [0.717, 1.165) is 5.56 Å². The smallest absolute Gasteiger partial charge is 0.371 e. The number of amides is 1. The van der Waals surface area contributed by atoms with Gasteiger partial charge in [0.2, 0.25) is 5.76 Å². The molecule has 0 fully saturated rings. The van der Waals surface area contributed by atoms with Crippen molar-refractivity contribution in [3.8, 4) is 0 Å². The van der Waals surface area contributed by atoms with E-state index in [9.17, 15) is 9.59 Å². The molecule has 2 aromatic rings. The lowest BCUT2D eigenvalue weighted by Gasteiger charge is -2.21. The van der Waals surface area contributed by atoms with E-state index in [2.05, 4.69) is 0 Å². The van der Waals surface area contributed by atoms with Gasteiger partial charge in [0.05, 0.1) is 6.61 Å². The molecule has 1 aromatic carbocycles. The van der Waals surface area contributed by atoms with Crippen LogP contribution in [0.5, 0.6) is 0 Å². The number of nitrogens with zero attached hydrogens (tertiary/aromatic N) is 1. The molecule has 6 nitrogen and oxygen atoms in total. The minimum absolute atomic E-state index is 0.00411. The van der Waals surface area contributed by atoms with Crippen LogP contribution in [-0.2, 0) is 11.3 Å². The van der Waals surface area contributed by atoms with Crippen molar-refractivity contribution in [3.63, 3.8) is 0 Å². The Kier molecular flexibility index (Phi) is 5.32. The summed E-state index contributed by atoms with van der Waals surface area (Å²) in [5, 5.41) is 8.86. The molecule has 0 saturated carbocycles. The lowest BCUT2D eigenvalue weighted by Crippen LogP contribution is -2.33. The predicted octanol–water partition coefficient (Wildman–Crippen LogP) is 2.27. The molecule has 0 atom stereocenters. The molecule has 0 saturated heterocycles. The summed E-state index contributed by atoms with van der Waals surface area (Å²) in [7, 11) is 1.56. The molecule has 0 aliphatic carbocycles. The van der Waals surface area contributed by atoms with E-state index in [4.69, 9.17) is 14.3 Å². The third kappa shape index (κ3) is 3.95. The van der Waals surface area contributed by atoms with Crippen molar-refractivity contribution in [3.05, 3.63) is 59.5 Å². The summed E-state index contributed by atoms with van der Waals surface area (Å²) in [6, 6.07) is 12.2. The van der Waals surface area contributed by atoms with Crippen LogP contribution in [0.2, 0.25) is 0 Å². The van der Waals surface area contributed by atoms with Crippen LogP contribution in [0.15, 0.2) is 46.9 Å². The van der Waals surface area contributed by atoms with Gasteiger partial charge in [0.15, 0.2) is 5.76 Å². The third-order valence-corrected chi connectivity index (χ3v) is 3.10. The lowest BCUT2D eigenvalue weighted by atomic mass is 10.2. The molecule has 6 heteroatoms. The number of carbonyl (C=O) groups is 2. The van der Waals surface area contributed by atoms with Gasteiger partial charge in [-0.1, -0.05) is 30.3 Å². The summed E-state index contributed by atoms with van der Waals surface area (Å²) >= 11 is 0. The highest BCUT2D eigenvalue weighted by atomic mass is 16.5. The number of benzene rings is 1. The average molecular weight is 303 g/mol. The zero-order valence-corrected chi connectivity index (χ0v) is 12.2. The number of furan rings is 1. The predicted molar refractivity (Wildman–Crippen MR) is 78.7 cm³/mol. The fourth-order valence-corrected chi connectivity index (χ4v) is 1.98. The molecule has 1 aromatic heterocycles. The highest BCUT2D eigenvalue weighted by Crippen LogP contribution is 2.13. The van der Waals surface area contributed by atoms with Crippen molar-refractivity contribution >= 4 is 11.9 Å². The summed E-state index contributed by atoms with van der Waals surface area (Å²) in [5.41, 5.74) is 0.969. The second-order valence-electron chi connectivity index (χ2n) is 4.67. The zero-order chi connectivity index (χ0) is 15.9. The highest BCUT2D eigenvalue weighted by molar-refractivity contribution is 5.93. The minimum atomic E-state index is -1.20. The maximum absolute atomic E-state index is 12.5. The van der Waals surface area contributed by atoms with Gasteiger partial charge >= 0.3 is 5.97 Å². The van der Waals surface area contributed by atoms with E-state index in [1.807, 2.05) is 30.3 Å². The number of carboxylic acids is 1. The highest BCUT2D eigenvalue weighted by Gasteiger charge is 2.21. The lowest BCUT2D eigenvalue weighted by molar-refractivity contribution is 0.0623. The molecular formula is C16H17NO5. The first-order valence-corrected chi connectivity index (χ1v) is 6.77. The second kappa shape index (κ2) is 7.42. The molecule has 116 valence electrons. The number of carboxylic acid groups (broad SMARTS) is 1. The molecule has 0 spiro atoms. The van der Waals surface area contributed by atoms with Crippen LogP contribution in [0.4, 0.5) is 0 Å². The van der Waals surface area contributed by atoms with Gasteiger partial charge in [-0.05, 0) is 17.7 Å². The van der Waals surface area contributed by atoms with Gasteiger partial charge in [-0.2, -0.15) is 0 Å². The van der Waals surface area contributed by atoms with Crippen molar-refractivity contribution in [2.24, 2.45) is 0 Å². The summed E-state index contributed by atoms with van der Waals surface area (Å²) in [5.74, 6) is -1.82. The SMILES string of the molecule is COCCN(Cc1ccccc1)C(=O)c1ccc(C(=O)O)o1. The van der Waals surface area contributed by atoms with E-state index in [-0.39, 0.29) is 17.4 Å². The number of ether oxygens (including phenoxy) is 1. The maximum Gasteiger partial charge on any atom is 0.371 e. The van der Waals surface area contributed by atoms with Crippen molar-refractivity contribution in [2.75, 3.05) is 20.3 Å². The summed E-state index contributed by atoms with van der Waals surface area (Å²) in [6.45, 7) is 1.16. The second-order valence-corrected chi connectivity index (χ2v) is 4.67. The van der Waals surface area contributed by atoms with Crippen LogP contribution in [-0.4, -0.2) is 42.1 Å². The Morgan fingerprint density at radius 2 is 1.82 bits per heavy atom. The molecule has 0 aliphatic heterocycles. The Balaban J connectivity index is 2.16. The number of methoxy groups -OCH3 is 1. The number of carbonyl (C=O) groups excluding carboxylic acids is 1. The Labute approximate surface area is 127 Å². The Hall–Kier alpha value is -2.60.